The summed E-state index contributed by atoms with van der Waals surface area (Å²) in [5.74, 6) is -2.08. The minimum atomic E-state index is -0.909. The molecule has 2 aromatic carbocycles. The third-order valence-corrected chi connectivity index (χ3v) is 5.32. The van der Waals surface area contributed by atoms with Crippen LogP contribution in [0.4, 0.5) is 0 Å². The maximum atomic E-state index is 13.0. The molecule has 2 atom stereocenters. The first kappa shape index (κ1) is 17.9. The minimum absolute atomic E-state index is 0.149. The van der Waals surface area contributed by atoms with Crippen LogP contribution < -0.4 is 5.56 Å². The number of aryl methyl sites for hydroxylation is 1. The maximum Gasteiger partial charge on any atom is 0.308 e. The first-order valence-electron chi connectivity index (χ1n) is 8.98. The van der Waals surface area contributed by atoms with E-state index >= 15 is 0 Å². The van der Waals surface area contributed by atoms with Gasteiger partial charge in [0.1, 0.15) is 0 Å². The Morgan fingerprint density at radius 1 is 1.11 bits per heavy atom. The van der Waals surface area contributed by atoms with Crippen LogP contribution in [0.15, 0.2) is 59.7 Å². The van der Waals surface area contributed by atoms with Crippen LogP contribution in [0.1, 0.15) is 21.8 Å². The van der Waals surface area contributed by atoms with Crippen molar-refractivity contribution in [1.82, 2.24) is 14.5 Å². The number of hydrogen-bond donors (Lipinski definition) is 1. The van der Waals surface area contributed by atoms with Crippen molar-refractivity contribution in [2.45, 2.75) is 5.92 Å². The number of aliphatic carboxylic acids is 1. The third kappa shape index (κ3) is 3.05. The van der Waals surface area contributed by atoms with E-state index in [1.54, 1.807) is 30.1 Å². The summed E-state index contributed by atoms with van der Waals surface area (Å²) in [6.07, 6.45) is 1.42. The Morgan fingerprint density at radius 2 is 1.86 bits per heavy atom. The monoisotopic (exact) mass is 377 g/mol. The minimum Gasteiger partial charge on any atom is -0.481 e. The van der Waals surface area contributed by atoms with Gasteiger partial charge < -0.3 is 14.6 Å². The quantitative estimate of drug-likeness (QED) is 0.752. The van der Waals surface area contributed by atoms with Crippen molar-refractivity contribution in [3.63, 3.8) is 0 Å². The van der Waals surface area contributed by atoms with E-state index in [0.717, 1.165) is 5.56 Å². The molecule has 1 amide bonds. The molecule has 1 aromatic heterocycles. The molecule has 0 aliphatic carbocycles. The van der Waals surface area contributed by atoms with E-state index in [0.29, 0.717) is 23.0 Å². The fraction of sp³-hybridized carbons (Fsp3) is 0.238. The number of benzene rings is 2. The van der Waals surface area contributed by atoms with Gasteiger partial charge in [-0.25, -0.2) is 4.98 Å². The molecular weight excluding hydrogens is 358 g/mol. The first-order chi connectivity index (χ1) is 13.5. The number of carboxylic acids is 1. The molecule has 7 nitrogen and oxygen atoms in total. The molecule has 1 fully saturated rings. The Morgan fingerprint density at radius 3 is 2.57 bits per heavy atom. The van der Waals surface area contributed by atoms with E-state index in [-0.39, 0.29) is 23.9 Å². The molecule has 1 N–H and O–H groups in total. The van der Waals surface area contributed by atoms with Gasteiger partial charge >= 0.3 is 5.97 Å². The molecule has 1 saturated heterocycles. The van der Waals surface area contributed by atoms with Crippen LogP contribution in [0.2, 0.25) is 0 Å². The van der Waals surface area contributed by atoms with E-state index in [4.69, 9.17) is 0 Å². The highest BCUT2D eigenvalue weighted by molar-refractivity contribution is 5.98. The predicted octanol–water partition coefficient (Wildman–Crippen LogP) is 1.87. The fourth-order valence-corrected chi connectivity index (χ4v) is 3.78. The summed E-state index contributed by atoms with van der Waals surface area (Å²) in [4.78, 5) is 42.7. The number of carboxylic acid groups (broad SMARTS) is 1. The molecule has 1 aliphatic heterocycles. The lowest BCUT2D eigenvalue weighted by Gasteiger charge is -2.17. The van der Waals surface area contributed by atoms with Crippen molar-refractivity contribution in [1.29, 1.82) is 0 Å². The number of nitrogens with zero attached hydrogens (tertiary/aromatic N) is 3. The Bertz CT molecular complexity index is 1120. The van der Waals surface area contributed by atoms with E-state index in [2.05, 4.69) is 4.98 Å². The van der Waals surface area contributed by atoms with E-state index in [1.165, 1.54) is 10.9 Å². The fourth-order valence-electron chi connectivity index (χ4n) is 3.78. The molecule has 28 heavy (non-hydrogen) atoms. The molecule has 2 heterocycles. The average molecular weight is 377 g/mol. The van der Waals surface area contributed by atoms with Gasteiger partial charge in [0.05, 0.1) is 23.1 Å². The summed E-state index contributed by atoms with van der Waals surface area (Å²) in [6.45, 7) is 0.484. The zero-order valence-electron chi connectivity index (χ0n) is 15.3. The Kier molecular flexibility index (Phi) is 4.43. The van der Waals surface area contributed by atoms with Gasteiger partial charge in [-0.1, -0.05) is 30.3 Å². The Labute approximate surface area is 160 Å². The van der Waals surface area contributed by atoms with Crippen LogP contribution in [0.5, 0.6) is 0 Å². The average Bonchev–Trinajstić information content (AvgIpc) is 3.16. The Hall–Kier alpha value is -3.48. The molecule has 0 radical (unpaired) electrons. The van der Waals surface area contributed by atoms with Crippen LogP contribution in [0, 0.1) is 5.92 Å². The zero-order valence-corrected chi connectivity index (χ0v) is 15.3. The van der Waals surface area contributed by atoms with E-state index in [1.807, 2.05) is 30.3 Å². The van der Waals surface area contributed by atoms with Crippen LogP contribution in [-0.4, -0.2) is 44.5 Å². The van der Waals surface area contributed by atoms with E-state index < -0.39 is 11.9 Å². The van der Waals surface area contributed by atoms with Crippen molar-refractivity contribution in [3.8, 4) is 0 Å². The molecule has 3 aromatic rings. The smallest absolute Gasteiger partial charge is 0.308 e. The van der Waals surface area contributed by atoms with Gasteiger partial charge in [0.15, 0.2) is 0 Å². The van der Waals surface area contributed by atoms with Crippen LogP contribution in [0.3, 0.4) is 0 Å². The summed E-state index contributed by atoms with van der Waals surface area (Å²) < 4.78 is 1.38. The van der Waals surface area contributed by atoms with Crippen LogP contribution in [-0.2, 0) is 11.8 Å². The van der Waals surface area contributed by atoms with Crippen LogP contribution in [0.25, 0.3) is 10.9 Å². The number of amides is 1. The number of likely N-dealkylation sites (tertiary alicyclic amines) is 1. The Balaban J connectivity index is 1.65. The third-order valence-electron chi connectivity index (χ3n) is 5.32. The molecule has 0 unspecified atom stereocenters. The second-order valence-electron chi connectivity index (χ2n) is 7.06. The molecule has 142 valence electrons. The molecular formula is C21H19N3O4. The van der Waals surface area contributed by atoms with E-state index in [9.17, 15) is 19.5 Å². The second kappa shape index (κ2) is 6.92. The largest absolute Gasteiger partial charge is 0.481 e. The molecule has 7 heteroatoms. The number of fused-ring (bicyclic) bond motifs is 1. The highest BCUT2D eigenvalue weighted by Gasteiger charge is 2.40. The summed E-state index contributed by atoms with van der Waals surface area (Å²) >= 11 is 0. The summed E-state index contributed by atoms with van der Waals surface area (Å²) in [5.41, 5.74) is 1.57. The topological polar surface area (TPSA) is 92.5 Å². The van der Waals surface area contributed by atoms with Gasteiger partial charge in [0.2, 0.25) is 0 Å². The van der Waals surface area contributed by atoms with Gasteiger partial charge in [-0.15, -0.1) is 0 Å². The molecule has 4 rings (SSSR count). The lowest BCUT2D eigenvalue weighted by molar-refractivity contribution is -0.141. The van der Waals surface area contributed by atoms with Crippen molar-refractivity contribution in [3.05, 3.63) is 76.3 Å². The molecule has 0 bridgehead atoms. The lowest BCUT2D eigenvalue weighted by Crippen LogP contribution is -2.30. The van der Waals surface area contributed by atoms with Crippen molar-refractivity contribution in [2.24, 2.45) is 13.0 Å². The maximum absolute atomic E-state index is 13.0. The van der Waals surface area contributed by atoms with Crippen LogP contribution >= 0.6 is 0 Å². The van der Waals surface area contributed by atoms with Gasteiger partial charge in [-0.05, 0) is 23.8 Å². The molecule has 0 spiro atoms. The van der Waals surface area contributed by atoms with Gasteiger partial charge in [-0.3, -0.25) is 14.4 Å². The number of aromatic nitrogens is 2. The predicted molar refractivity (Wildman–Crippen MR) is 103 cm³/mol. The van der Waals surface area contributed by atoms with Gasteiger partial charge in [-0.2, -0.15) is 0 Å². The lowest BCUT2D eigenvalue weighted by atomic mass is 9.89. The number of carbonyl (C=O) groups excluding carboxylic acids is 1. The summed E-state index contributed by atoms with van der Waals surface area (Å²) in [5, 5.41) is 10.1. The SMILES string of the molecule is Cn1cnc2cc(C(=O)N3C[C@@H](C(=O)O)[C@H](c4ccccc4)C3)ccc2c1=O. The molecule has 1 aliphatic rings. The standard InChI is InChI=1S/C21H19N3O4/c1-23-12-22-18-9-14(7-8-15(18)20(23)26)19(25)24-10-16(17(11-24)21(27)28)13-5-3-2-4-6-13/h2-9,12,16-17H,10-11H2,1H3,(H,27,28)/t16-,17+/m0/s1. The van der Waals surface area contributed by atoms with Gasteiger partial charge in [0.25, 0.3) is 11.5 Å². The van der Waals surface area contributed by atoms with Crippen molar-refractivity contribution in [2.75, 3.05) is 13.1 Å². The molecule has 0 saturated carbocycles. The highest BCUT2D eigenvalue weighted by atomic mass is 16.4. The van der Waals surface area contributed by atoms with Crippen molar-refractivity contribution < 1.29 is 14.7 Å². The van der Waals surface area contributed by atoms with Crippen molar-refractivity contribution >= 4 is 22.8 Å². The van der Waals surface area contributed by atoms with Gasteiger partial charge in [0, 0.05) is 31.6 Å². The first-order valence-corrected chi connectivity index (χ1v) is 8.98. The zero-order chi connectivity index (χ0) is 19.8. The summed E-state index contributed by atoms with van der Waals surface area (Å²) in [7, 11) is 1.62. The number of hydrogen-bond acceptors (Lipinski definition) is 4. The number of rotatable bonds is 3. The number of carbonyl (C=O) groups is 2. The highest BCUT2D eigenvalue weighted by Crippen LogP contribution is 2.33. The second-order valence-corrected chi connectivity index (χ2v) is 7.06. The normalized spacial score (nSPS) is 19.1. The summed E-state index contributed by atoms with van der Waals surface area (Å²) in [6, 6.07) is 14.2.